The van der Waals surface area contributed by atoms with Crippen LogP contribution in [0.15, 0.2) is 65.7 Å². The van der Waals surface area contributed by atoms with Gasteiger partial charge in [0.1, 0.15) is 0 Å². The number of ether oxygens (including phenoxy) is 1. The molecule has 1 aliphatic heterocycles. The molecule has 0 saturated carbocycles. The Balaban J connectivity index is 1.53. The molecular formula is C22H23N3O4S. The van der Waals surface area contributed by atoms with E-state index in [1.807, 2.05) is 32.0 Å². The molecule has 1 aliphatic rings. The van der Waals surface area contributed by atoms with E-state index in [4.69, 9.17) is 4.74 Å². The van der Waals surface area contributed by atoms with Crippen LogP contribution in [0.1, 0.15) is 24.2 Å². The van der Waals surface area contributed by atoms with Crippen LogP contribution in [-0.4, -0.2) is 48.9 Å². The lowest BCUT2D eigenvalue weighted by Crippen LogP contribution is -2.48. The number of para-hydroxylation sites is 1. The summed E-state index contributed by atoms with van der Waals surface area (Å²) in [6.45, 7) is 4.36. The fraction of sp³-hybridized carbons (Fsp3) is 0.273. The van der Waals surface area contributed by atoms with E-state index in [1.165, 1.54) is 16.4 Å². The van der Waals surface area contributed by atoms with Gasteiger partial charge >= 0.3 is 0 Å². The van der Waals surface area contributed by atoms with Gasteiger partial charge in [0.15, 0.2) is 0 Å². The number of carbonyl (C=O) groups excluding carboxylic acids is 1. The number of hydrogen-bond acceptors (Lipinski definition) is 5. The summed E-state index contributed by atoms with van der Waals surface area (Å²) in [5, 5.41) is 3.69. The fourth-order valence-corrected chi connectivity index (χ4v) is 5.26. The number of nitrogens with one attached hydrogen (secondary N) is 1. The summed E-state index contributed by atoms with van der Waals surface area (Å²) in [4.78, 5) is 17.2. The monoisotopic (exact) mass is 425 g/mol. The summed E-state index contributed by atoms with van der Waals surface area (Å²) >= 11 is 0. The lowest BCUT2D eigenvalue weighted by molar-refractivity contribution is -0.0440. The number of hydrogen-bond donors (Lipinski definition) is 1. The van der Waals surface area contributed by atoms with E-state index in [0.717, 1.165) is 5.39 Å². The van der Waals surface area contributed by atoms with E-state index in [0.29, 0.717) is 29.9 Å². The third-order valence-corrected chi connectivity index (χ3v) is 6.86. The molecule has 2 heterocycles. The van der Waals surface area contributed by atoms with Crippen LogP contribution < -0.4 is 5.32 Å². The summed E-state index contributed by atoms with van der Waals surface area (Å²) in [5.74, 6) is -0.300. The molecule has 0 bridgehead atoms. The van der Waals surface area contributed by atoms with Crippen molar-refractivity contribution in [3.8, 4) is 0 Å². The van der Waals surface area contributed by atoms with Gasteiger partial charge < -0.3 is 10.1 Å². The largest absolute Gasteiger partial charge is 0.373 e. The van der Waals surface area contributed by atoms with E-state index in [-0.39, 0.29) is 23.0 Å². The van der Waals surface area contributed by atoms with Crippen molar-refractivity contribution >= 4 is 32.5 Å². The molecule has 30 heavy (non-hydrogen) atoms. The van der Waals surface area contributed by atoms with Gasteiger partial charge in [-0.3, -0.25) is 9.78 Å². The molecule has 1 N–H and O–H groups in total. The van der Waals surface area contributed by atoms with Crippen molar-refractivity contribution in [2.24, 2.45) is 0 Å². The van der Waals surface area contributed by atoms with Crippen molar-refractivity contribution in [1.29, 1.82) is 0 Å². The Kier molecular flexibility index (Phi) is 5.55. The van der Waals surface area contributed by atoms with Crippen molar-refractivity contribution in [2.75, 3.05) is 18.4 Å². The van der Waals surface area contributed by atoms with Crippen molar-refractivity contribution in [3.05, 3.63) is 66.4 Å². The zero-order valence-electron chi connectivity index (χ0n) is 16.8. The molecule has 156 valence electrons. The third-order valence-electron chi connectivity index (χ3n) is 5.01. The highest BCUT2D eigenvalue weighted by Crippen LogP contribution is 2.23. The number of carbonyl (C=O) groups is 1. The first-order valence-corrected chi connectivity index (χ1v) is 11.2. The first kappa shape index (κ1) is 20.5. The third kappa shape index (κ3) is 4.07. The highest BCUT2D eigenvalue weighted by atomic mass is 32.2. The zero-order chi connectivity index (χ0) is 21.3. The molecule has 2 aromatic carbocycles. The average molecular weight is 426 g/mol. The predicted molar refractivity (Wildman–Crippen MR) is 115 cm³/mol. The highest BCUT2D eigenvalue weighted by molar-refractivity contribution is 7.89. The van der Waals surface area contributed by atoms with E-state index in [1.54, 1.807) is 30.5 Å². The van der Waals surface area contributed by atoms with Crippen LogP contribution in [0.5, 0.6) is 0 Å². The number of pyridine rings is 1. The Bertz CT molecular complexity index is 1160. The molecule has 8 heteroatoms. The van der Waals surface area contributed by atoms with Gasteiger partial charge in [-0.25, -0.2) is 8.42 Å². The Labute approximate surface area is 175 Å². The van der Waals surface area contributed by atoms with Gasteiger partial charge in [-0.1, -0.05) is 18.2 Å². The number of aromatic nitrogens is 1. The molecule has 1 fully saturated rings. The molecule has 1 aromatic heterocycles. The second-order valence-corrected chi connectivity index (χ2v) is 9.38. The zero-order valence-corrected chi connectivity index (χ0v) is 17.6. The van der Waals surface area contributed by atoms with Gasteiger partial charge in [0.25, 0.3) is 5.91 Å². The maximum atomic E-state index is 13.0. The van der Waals surface area contributed by atoms with Crippen LogP contribution in [0.25, 0.3) is 10.9 Å². The molecule has 4 rings (SSSR count). The van der Waals surface area contributed by atoms with Gasteiger partial charge in [-0.2, -0.15) is 4.31 Å². The molecule has 2 unspecified atom stereocenters. The molecule has 0 spiro atoms. The smallest absolute Gasteiger partial charge is 0.257 e. The van der Waals surface area contributed by atoms with Crippen molar-refractivity contribution < 1.29 is 17.9 Å². The van der Waals surface area contributed by atoms with Crippen LogP contribution in [0.4, 0.5) is 5.69 Å². The van der Waals surface area contributed by atoms with Crippen LogP contribution >= 0.6 is 0 Å². The number of amides is 1. The second-order valence-electron chi connectivity index (χ2n) is 7.44. The SMILES string of the molecule is CC1CN(S(=O)(=O)c2ccc(NC(=O)c3cccc4cccnc34)cc2)CC(C)O1. The molecule has 1 amide bonds. The Hall–Kier alpha value is -2.81. The first-order chi connectivity index (χ1) is 14.3. The molecule has 0 aliphatic carbocycles. The maximum absolute atomic E-state index is 13.0. The topological polar surface area (TPSA) is 88.6 Å². The minimum Gasteiger partial charge on any atom is -0.373 e. The normalized spacial score (nSPS) is 20.2. The molecular weight excluding hydrogens is 402 g/mol. The molecule has 7 nitrogen and oxygen atoms in total. The quantitative estimate of drug-likeness (QED) is 0.693. The summed E-state index contributed by atoms with van der Waals surface area (Å²) in [6.07, 6.45) is 1.33. The van der Waals surface area contributed by atoms with Crippen LogP contribution in [0.3, 0.4) is 0 Å². The standard InChI is InChI=1S/C22H23N3O4S/c1-15-13-25(14-16(2)29-15)30(27,28)19-10-8-18(9-11-19)24-22(26)20-7-3-5-17-6-4-12-23-21(17)20/h3-12,15-16H,13-14H2,1-2H3,(H,24,26). The summed E-state index contributed by atoms with van der Waals surface area (Å²) in [5.41, 5.74) is 1.59. The lowest BCUT2D eigenvalue weighted by atomic mass is 10.1. The summed E-state index contributed by atoms with van der Waals surface area (Å²) in [7, 11) is -3.62. The number of sulfonamides is 1. The first-order valence-electron chi connectivity index (χ1n) is 9.75. The van der Waals surface area contributed by atoms with E-state index in [2.05, 4.69) is 10.3 Å². The predicted octanol–water partition coefficient (Wildman–Crippen LogP) is 3.29. The van der Waals surface area contributed by atoms with Crippen LogP contribution in [-0.2, 0) is 14.8 Å². The van der Waals surface area contributed by atoms with Crippen LogP contribution in [0, 0.1) is 0 Å². The summed E-state index contributed by atoms with van der Waals surface area (Å²) in [6, 6.07) is 15.3. The minimum absolute atomic E-state index is 0.156. The Morgan fingerprint density at radius 1 is 1.03 bits per heavy atom. The second kappa shape index (κ2) is 8.14. The van der Waals surface area contributed by atoms with Gasteiger partial charge in [0.2, 0.25) is 10.0 Å². The number of rotatable bonds is 4. The van der Waals surface area contributed by atoms with E-state index >= 15 is 0 Å². The van der Waals surface area contributed by atoms with Gasteiger partial charge in [0.05, 0.1) is 28.2 Å². The van der Waals surface area contributed by atoms with E-state index in [9.17, 15) is 13.2 Å². The van der Waals surface area contributed by atoms with Crippen LogP contribution in [0.2, 0.25) is 0 Å². The number of morpholine rings is 1. The lowest BCUT2D eigenvalue weighted by Gasteiger charge is -2.34. The fourth-order valence-electron chi connectivity index (χ4n) is 3.67. The number of benzene rings is 2. The molecule has 3 aromatic rings. The molecule has 1 saturated heterocycles. The van der Waals surface area contributed by atoms with E-state index < -0.39 is 10.0 Å². The Morgan fingerprint density at radius 3 is 2.40 bits per heavy atom. The van der Waals surface area contributed by atoms with Gasteiger partial charge in [0, 0.05) is 30.4 Å². The maximum Gasteiger partial charge on any atom is 0.257 e. The number of nitrogens with zero attached hydrogens (tertiary/aromatic N) is 2. The number of fused-ring (bicyclic) bond motifs is 1. The van der Waals surface area contributed by atoms with Crippen molar-refractivity contribution in [1.82, 2.24) is 9.29 Å². The van der Waals surface area contributed by atoms with Gasteiger partial charge in [-0.15, -0.1) is 0 Å². The summed E-state index contributed by atoms with van der Waals surface area (Å²) < 4.78 is 33.0. The minimum atomic E-state index is -3.62. The van der Waals surface area contributed by atoms with Crippen molar-refractivity contribution in [3.63, 3.8) is 0 Å². The molecule has 0 radical (unpaired) electrons. The Morgan fingerprint density at radius 2 is 1.70 bits per heavy atom. The van der Waals surface area contributed by atoms with Gasteiger partial charge in [-0.05, 0) is 50.2 Å². The molecule has 2 atom stereocenters. The number of anilines is 1. The van der Waals surface area contributed by atoms with Crippen molar-refractivity contribution in [2.45, 2.75) is 31.0 Å². The average Bonchev–Trinajstić information content (AvgIpc) is 2.73. The highest BCUT2D eigenvalue weighted by Gasteiger charge is 2.32.